The number of carboxylic acids is 1. The van der Waals surface area contributed by atoms with Gasteiger partial charge in [-0.25, -0.2) is 0 Å². The van der Waals surface area contributed by atoms with E-state index in [9.17, 15) is 35.4 Å². The molecule has 13 atom stereocenters. The lowest BCUT2D eigenvalue weighted by atomic mass is 9.41. The minimum atomic E-state index is -1.25. The molecule has 7 heteroatoms. The van der Waals surface area contributed by atoms with Crippen molar-refractivity contribution in [2.75, 3.05) is 6.61 Å². The quantitative estimate of drug-likeness (QED) is 0.292. The van der Waals surface area contributed by atoms with Gasteiger partial charge in [0.05, 0.1) is 35.9 Å². The smallest absolute Gasteiger partial charge is 0.312 e. The highest BCUT2D eigenvalue weighted by Gasteiger charge is 2.86. The summed E-state index contributed by atoms with van der Waals surface area (Å²) >= 11 is 0. The predicted molar refractivity (Wildman–Crippen MR) is 143 cm³/mol. The molecule has 7 nitrogen and oxygen atoms in total. The summed E-state index contributed by atoms with van der Waals surface area (Å²) < 4.78 is 0. The number of aliphatic carboxylic acids is 1. The van der Waals surface area contributed by atoms with Crippen LogP contribution < -0.4 is 0 Å². The largest absolute Gasteiger partial charge is 0.481 e. The van der Waals surface area contributed by atoms with Crippen LogP contribution in [-0.2, 0) is 4.79 Å². The monoisotopic (exact) mass is 536 g/mol. The zero-order valence-corrected chi connectivity index (χ0v) is 24.3. The van der Waals surface area contributed by atoms with E-state index < -0.39 is 40.7 Å². The molecular weight excluding hydrogens is 484 g/mol. The Morgan fingerprint density at radius 3 is 2.18 bits per heavy atom. The number of fused-ring (bicyclic) bond motifs is 2. The fourth-order valence-corrected chi connectivity index (χ4v) is 11.7. The molecule has 5 rings (SSSR count). The van der Waals surface area contributed by atoms with E-state index in [-0.39, 0.29) is 52.9 Å². The molecule has 5 aliphatic carbocycles. The second-order valence-corrected chi connectivity index (χ2v) is 15.5. The third-order valence-electron chi connectivity index (χ3n) is 14.3. The van der Waals surface area contributed by atoms with Gasteiger partial charge in [0, 0.05) is 11.8 Å². The second kappa shape index (κ2) is 8.64. The van der Waals surface area contributed by atoms with Crippen molar-refractivity contribution in [2.24, 2.45) is 56.7 Å². The summed E-state index contributed by atoms with van der Waals surface area (Å²) in [5.41, 5.74) is -3.21. The van der Waals surface area contributed by atoms with Crippen LogP contribution in [0.2, 0.25) is 0 Å². The summed E-state index contributed by atoms with van der Waals surface area (Å²) in [5, 5.41) is 65.0. The molecule has 38 heavy (non-hydrogen) atoms. The fraction of sp³-hybridized carbons (Fsp3) is 0.968. The molecule has 5 aliphatic rings. The van der Waals surface area contributed by atoms with Gasteiger partial charge in [0.15, 0.2) is 0 Å². The summed E-state index contributed by atoms with van der Waals surface area (Å²) in [5.74, 6) is -0.703. The van der Waals surface area contributed by atoms with Crippen molar-refractivity contribution >= 4 is 5.97 Å². The number of hydrogen-bond donors (Lipinski definition) is 6. The first kappa shape index (κ1) is 28.8. The molecule has 0 radical (unpaired) electrons. The van der Waals surface area contributed by atoms with Gasteiger partial charge < -0.3 is 30.6 Å². The number of carboxylic acid groups (broad SMARTS) is 1. The van der Waals surface area contributed by atoms with Crippen LogP contribution in [0.1, 0.15) is 99.3 Å². The van der Waals surface area contributed by atoms with E-state index in [0.717, 1.165) is 32.1 Å². The van der Waals surface area contributed by atoms with Crippen molar-refractivity contribution in [3.8, 4) is 0 Å². The maximum atomic E-state index is 12.5. The van der Waals surface area contributed by atoms with E-state index in [1.807, 2.05) is 13.8 Å². The van der Waals surface area contributed by atoms with Crippen LogP contribution in [0.4, 0.5) is 0 Å². The SMILES string of the molecule is CC(C)[C@](O)(CO)CC[C@@H](C)[C@H]1[C@@H](O)C[C@@]2(C)[C@@H]3CCC4[C@](C)(C(=O)O)[C@@H](O)C[C@H](O)[C@@]45C[C@@]35CC[C@]12C. The number of hydrogen-bond acceptors (Lipinski definition) is 6. The molecule has 5 fully saturated rings. The van der Waals surface area contributed by atoms with Gasteiger partial charge in [-0.2, -0.15) is 0 Å². The van der Waals surface area contributed by atoms with E-state index in [2.05, 4.69) is 20.8 Å². The summed E-state index contributed by atoms with van der Waals surface area (Å²) in [6, 6.07) is 0. The number of carbonyl (C=O) groups is 1. The number of aliphatic hydroxyl groups excluding tert-OH is 4. The van der Waals surface area contributed by atoms with Gasteiger partial charge in [0.2, 0.25) is 0 Å². The van der Waals surface area contributed by atoms with Crippen LogP contribution in [0.3, 0.4) is 0 Å². The number of rotatable bonds is 7. The van der Waals surface area contributed by atoms with Gasteiger partial charge in [-0.05, 0) is 104 Å². The summed E-state index contributed by atoms with van der Waals surface area (Å²) in [4.78, 5) is 12.5. The first-order valence-corrected chi connectivity index (χ1v) is 15.1. The summed E-state index contributed by atoms with van der Waals surface area (Å²) in [6.07, 6.45) is 4.08. The molecule has 0 aromatic heterocycles. The van der Waals surface area contributed by atoms with Crippen LogP contribution in [0, 0.1) is 56.7 Å². The minimum Gasteiger partial charge on any atom is -0.481 e. The maximum absolute atomic E-state index is 12.5. The zero-order valence-electron chi connectivity index (χ0n) is 24.3. The van der Waals surface area contributed by atoms with Crippen LogP contribution in [0.5, 0.6) is 0 Å². The van der Waals surface area contributed by atoms with Gasteiger partial charge in [-0.3, -0.25) is 4.79 Å². The number of aliphatic hydroxyl groups is 5. The molecule has 0 amide bonds. The van der Waals surface area contributed by atoms with Crippen molar-refractivity contribution in [1.29, 1.82) is 0 Å². The van der Waals surface area contributed by atoms with E-state index in [4.69, 9.17) is 0 Å². The predicted octanol–water partition coefficient (Wildman–Crippen LogP) is 3.59. The molecule has 0 aromatic rings. The lowest BCUT2D eigenvalue weighted by Crippen LogP contribution is -2.63. The van der Waals surface area contributed by atoms with E-state index >= 15 is 0 Å². The third kappa shape index (κ3) is 3.23. The molecule has 0 aromatic carbocycles. The van der Waals surface area contributed by atoms with Crippen molar-refractivity contribution in [3.63, 3.8) is 0 Å². The Balaban J connectivity index is 1.45. The molecule has 218 valence electrons. The molecule has 0 aliphatic heterocycles. The van der Waals surface area contributed by atoms with Gasteiger partial charge in [0.25, 0.3) is 0 Å². The van der Waals surface area contributed by atoms with Crippen LogP contribution in [0.25, 0.3) is 0 Å². The highest BCUT2D eigenvalue weighted by atomic mass is 16.4. The van der Waals surface area contributed by atoms with Crippen LogP contribution >= 0.6 is 0 Å². The van der Waals surface area contributed by atoms with Crippen LogP contribution in [-0.4, -0.2) is 67.1 Å². The molecule has 0 saturated heterocycles. The van der Waals surface area contributed by atoms with Crippen molar-refractivity contribution in [2.45, 2.75) is 123 Å². The van der Waals surface area contributed by atoms with E-state index in [0.29, 0.717) is 25.2 Å². The Labute approximate surface area is 228 Å². The normalized spacial score (nSPS) is 53.8. The van der Waals surface area contributed by atoms with E-state index in [1.54, 1.807) is 6.92 Å². The fourth-order valence-electron chi connectivity index (χ4n) is 11.7. The average molecular weight is 537 g/mol. The molecule has 5 saturated carbocycles. The highest BCUT2D eigenvalue weighted by Crippen LogP contribution is 2.89. The van der Waals surface area contributed by atoms with Crippen molar-refractivity contribution < 1.29 is 35.4 Å². The minimum absolute atomic E-state index is 0.0539. The lowest BCUT2D eigenvalue weighted by Gasteiger charge is -2.63. The highest BCUT2D eigenvalue weighted by molar-refractivity contribution is 5.76. The van der Waals surface area contributed by atoms with Gasteiger partial charge in [-0.1, -0.05) is 34.6 Å². The first-order chi connectivity index (χ1) is 17.5. The Bertz CT molecular complexity index is 970. The lowest BCUT2D eigenvalue weighted by molar-refractivity contribution is -0.210. The van der Waals surface area contributed by atoms with Gasteiger partial charge >= 0.3 is 5.97 Å². The second-order valence-electron chi connectivity index (χ2n) is 15.5. The van der Waals surface area contributed by atoms with Gasteiger partial charge in [0.1, 0.15) is 0 Å². The zero-order chi connectivity index (χ0) is 28.3. The summed E-state index contributed by atoms with van der Waals surface area (Å²) in [7, 11) is 0. The van der Waals surface area contributed by atoms with Crippen LogP contribution in [0.15, 0.2) is 0 Å². The molecular formula is C31H52O7. The molecule has 6 N–H and O–H groups in total. The summed E-state index contributed by atoms with van der Waals surface area (Å²) in [6.45, 7) is 12.2. The molecule has 1 unspecified atom stereocenters. The van der Waals surface area contributed by atoms with Gasteiger partial charge in [-0.15, -0.1) is 0 Å². The van der Waals surface area contributed by atoms with Crippen molar-refractivity contribution in [1.82, 2.24) is 0 Å². The first-order valence-electron chi connectivity index (χ1n) is 15.1. The standard InChI is InChI=1S/C31H52O7/c1-17(2)30(38,16-32)10-9-18(3)24-19(33)14-27(5)20-7-8-21-28(6,25(36)37)22(34)13-23(35)31(21)15-29(20,31)12-11-26(24,27)4/h17-24,32-35,38H,7-16H2,1-6H3,(H,36,37)/t18-,19+,20+,21?,22+,23+,24+,26-,27+,28+,29+,30-,31-/m1/s1. The Hall–Kier alpha value is -0.730. The average Bonchev–Trinajstić information content (AvgIpc) is 3.48. The molecule has 0 heterocycles. The molecule has 0 bridgehead atoms. The Kier molecular flexibility index (Phi) is 6.54. The maximum Gasteiger partial charge on any atom is 0.312 e. The molecule has 2 spiro atoms. The topological polar surface area (TPSA) is 138 Å². The Morgan fingerprint density at radius 1 is 0.974 bits per heavy atom. The Morgan fingerprint density at radius 2 is 1.61 bits per heavy atom. The van der Waals surface area contributed by atoms with E-state index in [1.165, 1.54) is 0 Å². The van der Waals surface area contributed by atoms with Crippen molar-refractivity contribution in [3.05, 3.63) is 0 Å². The third-order valence-corrected chi connectivity index (χ3v) is 14.3.